The Balaban J connectivity index is 0.00000289. The summed E-state index contributed by atoms with van der Waals surface area (Å²) in [7, 11) is 0. The van der Waals surface area contributed by atoms with Crippen molar-refractivity contribution in [2.24, 2.45) is 5.73 Å². The average molecular weight is 272 g/mol. The molecule has 0 saturated carbocycles. The molecule has 0 fully saturated rings. The van der Waals surface area contributed by atoms with Gasteiger partial charge < -0.3 is 16.4 Å². The van der Waals surface area contributed by atoms with Crippen molar-refractivity contribution in [1.29, 1.82) is 0 Å². The SMILES string of the molecule is CC(=O)Nc1ccc(C)cc1NC(=O)[C@H](C)N.Cl. The first-order chi connectivity index (χ1) is 7.90. The molecule has 0 saturated heterocycles. The van der Waals surface area contributed by atoms with Gasteiger partial charge in [0.15, 0.2) is 0 Å². The molecule has 5 nitrogen and oxygen atoms in total. The third-order valence-corrected chi connectivity index (χ3v) is 2.16. The summed E-state index contributed by atoms with van der Waals surface area (Å²) in [5.41, 5.74) is 7.58. The number of halogens is 1. The number of nitrogens with two attached hydrogens (primary N) is 1. The highest BCUT2D eigenvalue weighted by atomic mass is 35.5. The fraction of sp³-hybridized carbons (Fsp3) is 0.333. The van der Waals surface area contributed by atoms with Gasteiger partial charge in [-0.25, -0.2) is 0 Å². The van der Waals surface area contributed by atoms with Gasteiger partial charge in [0.25, 0.3) is 0 Å². The molecule has 0 aliphatic carbocycles. The summed E-state index contributed by atoms with van der Waals surface area (Å²) in [6.07, 6.45) is 0. The Labute approximate surface area is 113 Å². The lowest BCUT2D eigenvalue weighted by Crippen LogP contribution is -2.32. The number of carbonyl (C=O) groups is 2. The second kappa shape index (κ2) is 6.98. The van der Waals surface area contributed by atoms with Crippen molar-refractivity contribution in [3.8, 4) is 0 Å². The number of carbonyl (C=O) groups excluding carboxylic acids is 2. The van der Waals surface area contributed by atoms with Gasteiger partial charge in [-0.1, -0.05) is 6.07 Å². The molecule has 18 heavy (non-hydrogen) atoms. The lowest BCUT2D eigenvalue weighted by Gasteiger charge is -2.13. The van der Waals surface area contributed by atoms with Crippen LogP contribution in [0.1, 0.15) is 19.4 Å². The van der Waals surface area contributed by atoms with Gasteiger partial charge in [-0.2, -0.15) is 0 Å². The first kappa shape index (κ1) is 16.4. The molecule has 0 bridgehead atoms. The summed E-state index contributed by atoms with van der Waals surface area (Å²) in [6, 6.07) is 4.78. The van der Waals surface area contributed by atoms with Gasteiger partial charge in [0.2, 0.25) is 11.8 Å². The first-order valence-electron chi connectivity index (χ1n) is 5.35. The number of nitrogens with one attached hydrogen (secondary N) is 2. The zero-order valence-electron chi connectivity index (χ0n) is 10.6. The number of benzene rings is 1. The number of amides is 2. The predicted octanol–water partition coefficient (Wildman–Crippen LogP) is 1.66. The molecule has 1 rings (SSSR count). The lowest BCUT2D eigenvalue weighted by molar-refractivity contribution is -0.117. The van der Waals surface area contributed by atoms with Crippen LogP contribution < -0.4 is 16.4 Å². The Morgan fingerprint density at radius 1 is 1.22 bits per heavy atom. The fourth-order valence-corrected chi connectivity index (χ4v) is 1.31. The summed E-state index contributed by atoms with van der Waals surface area (Å²) >= 11 is 0. The molecule has 100 valence electrons. The largest absolute Gasteiger partial charge is 0.325 e. The standard InChI is InChI=1S/C12H17N3O2.ClH/c1-7-4-5-10(14-9(3)16)11(6-7)15-12(17)8(2)13;/h4-6,8H,13H2,1-3H3,(H,14,16)(H,15,17);1H/t8-;/m0./s1. The third-order valence-electron chi connectivity index (χ3n) is 2.16. The topological polar surface area (TPSA) is 84.2 Å². The predicted molar refractivity (Wildman–Crippen MR) is 75.0 cm³/mol. The van der Waals surface area contributed by atoms with Gasteiger partial charge in [0.1, 0.15) is 0 Å². The number of anilines is 2. The fourth-order valence-electron chi connectivity index (χ4n) is 1.31. The van der Waals surface area contributed by atoms with Crippen molar-refractivity contribution >= 4 is 35.6 Å². The highest BCUT2D eigenvalue weighted by molar-refractivity contribution is 6.00. The van der Waals surface area contributed by atoms with Crippen LogP contribution in [0.2, 0.25) is 0 Å². The van der Waals surface area contributed by atoms with Crippen molar-refractivity contribution in [1.82, 2.24) is 0 Å². The normalized spacial score (nSPS) is 11.1. The van der Waals surface area contributed by atoms with E-state index in [4.69, 9.17) is 5.73 Å². The maximum Gasteiger partial charge on any atom is 0.241 e. The minimum atomic E-state index is -0.597. The van der Waals surface area contributed by atoms with E-state index < -0.39 is 6.04 Å². The van der Waals surface area contributed by atoms with Gasteiger partial charge in [-0.3, -0.25) is 9.59 Å². The van der Waals surface area contributed by atoms with Gasteiger partial charge in [-0.05, 0) is 31.5 Å². The molecular weight excluding hydrogens is 254 g/mol. The average Bonchev–Trinajstić information content (AvgIpc) is 2.21. The summed E-state index contributed by atoms with van der Waals surface area (Å²) in [4.78, 5) is 22.5. The van der Waals surface area contributed by atoms with Crippen molar-refractivity contribution in [3.63, 3.8) is 0 Å². The van der Waals surface area contributed by atoms with E-state index in [9.17, 15) is 9.59 Å². The first-order valence-corrected chi connectivity index (χ1v) is 5.35. The molecule has 0 aromatic heterocycles. The number of hydrogen-bond donors (Lipinski definition) is 3. The van der Waals surface area contributed by atoms with Crippen molar-refractivity contribution < 1.29 is 9.59 Å². The van der Waals surface area contributed by atoms with Crippen LogP contribution >= 0.6 is 12.4 Å². The van der Waals surface area contributed by atoms with E-state index in [2.05, 4.69) is 10.6 Å². The van der Waals surface area contributed by atoms with E-state index in [-0.39, 0.29) is 24.2 Å². The van der Waals surface area contributed by atoms with Crippen LogP contribution in [0.5, 0.6) is 0 Å². The maximum absolute atomic E-state index is 11.5. The number of aryl methyl sites for hydroxylation is 1. The molecule has 1 aromatic carbocycles. The molecule has 0 heterocycles. The molecule has 0 unspecified atom stereocenters. The minimum absolute atomic E-state index is 0. The van der Waals surface area contributed by atoms with Crippen LogP contribution in [0, 0.1) is 6.92 Å². The van der Waals surface area contributed by atoms with Gasteiger partial charge >= 0.3 is 0 Å². The van der Waals surface area contributed by atoms with Gasteiger partial charge in [-0.15, -0.1) is 12.4 Å². The Morgan fingerprint density at radius 2 is 1.83 bits per heavy atom. The molecule has 1 aromatic rings. The van der Waals surface area contributed by atoms with E-state index in [1.807, 2.05) is 13.0 Å². The Kier molecular flexibility index (Phi) is 6.36. The van der Waals surface area contributed by atoms with Gasteiger partial charge in [0, 0.05) is 6.92 Å². The van der Waals surface area contributed by atoms with Crippen LogP contribution in [0.4, 0.5) is 11.4 Å². The Bertz CT molecular complexity index is 447. The number of rotatable bonds is 3. The second-order valence-corrected chi connectivity index (χ2v) is 4.01. The highest BCUT2D eigenvalue weighted by Crippen LogP contribution is 2.23. The van der Waals surface area contributed by atoms with E-state index in [0.29, 0.717) is 11.4 Å². The molecule has 0 aliphatic heterocycles. The van der Waals surface area contributed by atoms with Crippen LogP contribution in [0.25, 0.3) is 0 Å². The molecule has 0 spiro atoms. The Morgan fingerprint density at radius 3 is 2.33 bits per heavy atom. The van der Waals surface area contributed by atoms with E-state index in [0.717, 1.165) is 5.56 Å². The van der Waals surface area contributed by atoms with Crippen LogP contribution in [0.3, 0.4) is 0 Å². The molecule has 4 N–H and O–H groups in total. The zero-order chi connectivity index (χ0) is 13.0. The molecule has 0 aliphatic rings. The molecular formula is C12H18ClN3O2. The highest BCUT2D eigenvalue weighted by Gasteiger charge is 2.11. The summed E-state index contributed by atoms with van der Waals surface area (Å²) in [6.45, 7) is 4.92. The lowest BCUT2D eigenvalue weighted by atomic mass is 10.2. The van der Waals surface area contributed by atoms with Crippen LogP contribution in [-0.2, 0) is 9.59 Å². The van der Waals surface area contributed by atoms with Crippen molar-refractivity contribution in [2.75, 3.05) is 10.6 Å². The van der Waals surface area contributed by atoms with E-state index in [1.54, 1.807) is 19.1 Å². The second-order valence-electron chi connectivity index (χ2n) is 4.01. The van der Waals surface area contributed by atoms with E-state index >= 15 is 0 Å². The van der Waals surface area contributed by atoms with Crippen molar-refractivity contribution in [2.45, 2.75) is 26.8 Å². The number of hydrogen-bond acceptors (Lipinski definition) is 3. The quantitative estimate of drug-likeness (QED) is 0.782. The molecule has 1 atom stereocenters. The Hall–Kier alpha value is -1.59. The third kappa shape index (κ3) is 4.73. The van der Waals surface area contributed by atoms with Crippen LogP contribution in [0.15, 0.2) is 18.2 Å². The zero-order valence-corrected chi connectivity index (χ0v) is 11.4. The smallest absolute Gasteiger partial charge is 0.241 e. The molecule has 2 amide bonds. The maximum atomic E-state index is 11.5. The van der Waals surface area contributed by atoms with E-state index in [1.165, 1.54) is 6.92 Å². The summed E-state index contributed by atoms with van der Waals surface area (Å²) in [5, 5.41) is 5.33. The molecule has 0 radical (unpaired) electrons. The summed E-state index contributed by atoms with van der Waals surface area (Å²) < 4.78 is 0. The monoisotopic (exact) mass is 271 g/mol. The molecule has 6 heteroatoms. The van der Waals surface area contributed by atoms with Crippen LogP contribution in [-0.4, -0.2) is 17.9 Å². The van der Waals surface area contributed by atoms with Gasteiger partial charge in [0.05, 0.1) is 17.4 Å². The minimum Gasteiger partial charge on any atom is -0.325 e. The summed E-state index contributed by atoms with van der Waals surface area (Å²) in [5.74, 6) is -0.479. The van der Waals surface area contributed by atoms with Crippen molar-refractivity contribution in [3.05, 3.63) is 23.8 Å².